The average molecular weight is 378 g/mol. The van der Waals surface area contributed by atoms with Crippen LogP contribution in [0.25, 0.3) is 0 Å². The fourth-order valence-electron chi connectivity index (χ4n) is 1.56. The van der Waals surface area contributed by atoms with Crippen molar-refractivity contribution >= 4 is 43.2 Å². The lowest BCUT2D eigenvalue weighted by Crippen LogP contribution is -2.26. The van der Waals surface area contributed by atoms with Crippen LogP contribution >= 0.6 is 43.2 Å². The molecule has 0 aliphatic carbocycles. The maximum atomic E-state index is 11.8. The Balaban J connectivity index is 2.46. The van der Waals surface area contributed by atoms with Crippen LogP contribution < -0.4 is 5.69 Å². The summed E-state index contributed by atoms with van der Waals surface area (Å²) < 4.78 is 3.62. The molecule has 0 fully saturated rings. The molecule has 2 aromatic rings. The number of aryl methyl sites for hydroxylation is 1. The third-order valence-corrected chi connectivity index (χ3v) is 5.30. The molecule has 2 heterocycles. The maximum Gasteiger partial charge on any atom is 0.348 e. The summed E-state index contributed by atoms with van der Waals surface area (Å²) in [6, 6.07) is 2.02. The predicted molar refractivity (Wildman–Crippen MR) is 76.8 cm³/mol. The zero-order chi connectivity index (χ0) is 12.6. The van der Waals surface area contributed by atoms with Gasteiger partial charge in [0.25, 0.3) is 0 Å². The second-order valence-electron chi connectivity index (χ2n) is 3.70. The minimum absolute atomic E-state index is 0.201. The maximum absolute atomic E-state index is 11.8. The van der Waals surface area contributed by atoms with Gasteiger partial charge in [-0.1, -0.05) is 0 Å². The molecule has 0 atom stereocenters. The molecule has 0 spiro atoms. The van der Waals surface area contributed by atoms with E-state index in [-0.39, 0.29) is 5.69 Å². The van der Waals surface area contributed by atoms with Crippen LogP contribution in [0.3, 0.4) is 0 Å². The number of rotatable bonds is 2. The van der Waals surface area contributed by atoms with E-state index in [1.165, 1.54) is 0 Å². The lowest BCUT2D eigenvalue weighted by Gasteiger charge is -2.10. The quantitative estimate of drug-likeness (QED) is 0.802. The van der Waals surface area contributed by atoms with Crippen molar-refractivity contribution in [3.63, 3.8) is 0 Å². The lowest BCUT2D eigenvalue weighted by molar-refractivity contribution is 0.695. The summed E-state index contributed by atoms with van der Waals surface area (Å²) in [4.78, 5) is 17.0. The van der Waals surface area contributed by atoms with Crippen LogP contribution in [-0.2, 0) is 6.54 Å². The third-order valence-electron chi connectivity index (χ3n) is 2.47. The Morgan fingerprint density at radius 1 is 1.41 bits per heavy atom. The van der Waals surface area contributed by atoms with Crippen LogP contribution in [0, 0.1) is 13.8 Å². The molecule has 0 aliphatic rings. The highest BCUT2D eigenvalue weighted by atomic mass is 79.9. The van der Waals surface area contributed by atoms with Gasteiger partial charge in [-0.25, -0.2) is 4.79 Å². The summed E-state index contributed by atoms with van der Waals surface area (Å²) in [6.07, 6.45) is 0. The molecule has 0 radical (unpaired) electrons. The summed E-state index contributed by atoms with van der Waals surface area (Å²) in [6.45, 7) is 4.31. The lowest BCUT2D eigenvalue weighted by atomic mass is 10.3. The molecule has 0 amide bonds. The fraction of sp³-hybridized carbons (Fsp3) is 0.273. The van der Waals surface area contributed by atoms with Gasteiger partial charge in [-0.05, 0) is 51.8 Å². The first-order valence-corrected chi connectivity index (χ1v) is 7.42. The average Bonchev–Trinajstić information content (AvgIpc) is 2.67. The van der Waals surface area contributed by atoms with Crippen molar-refractivity contribution in [2.24, 2.45) is 0 Å². The molecule has 0 saturated carbocycles. The molecule has 3 nitrogen and oxygen atoms in total. The van der Waals surface area contributed by atoms with Gasteiger partial charge in [-0.2, -0.15) is 4.98 Å². The van der Waals surface area contributed by atoms with Crippen molar-refractivity contribution in [3.8, 4) is 0 Å². The second-order valence-corrected chi connectivity index (χ2v) is 6.40. The van der Waals surface area contributed by atoms with E-state index in [9.17, 15) is 4.79 Å². The molecule has 0 unspecified atom stereocenters. The van der Waals surface area contributed by atoms with Gasteiger partial charge >= 0.3 is 5.69 Å². The Hall–Kier alpha value is -0.460. The van der Waals surface area contributed by atoms with E-state index in [2.05, 4.69) is 36.8 Å². The van der Waals surface area contributed by atoms with E-state index < -0.39 is 0 Å². The summed E-state index contributed by atoms with van der Waals surface area (Å²) in [5.41, 5.74) is 1.44. The van der Waals surface area contributed by atoms with Gasteiger partial charge < -0.3 is 0 Å². The van der Waals surface area contributed by atoms with Crippen molar-refractivity contribution in [2.45, 2.75) is 20.4 Å². The minimum Gasteiger partial charge on any atom is -0.290 e. The van der Waals surface area contributed by atoms with Gasteiger partial charge in [0.2, 0.25) is 0 Å². The molecule has 0 aliphatic heterocycles. The van der Waals surface area contributed by atoms with Crippen LogP contribution in [0.5, 0.6) is 0 Å². The Morgan fingerprint density at radius 2 is 2.12 bits per heavy atom. The highest BCUT2D eigenvalue weighted by molar-refractivity contribution is 9.10. The Bertz CT molecular complexity index is 618. The number of thiophene rings is 1. The van der Waals surface area contributed by atoms with Gasteiger partial charge in [0.15, 0.2) is 0 Å². The van der Waals surface area contributed by atoms with Crippen LogP contribution in [0.2, 0.25) is 0 Å². The molecule has 2 aromatic heterocycles. The second kappa shape index (κ2) is 5.04. The largest absolute Gasteiger partial charge is 0.348 e. The topological polar surface area (TPSA) is 34.9 Å². The number of nitrogens with zero attached hydrogens (tertiary/aromatic N) is 2. The molecule has 90 valence electrons. The number of aromatic nitrogens is 2. The van der Waals surface area contributed by atoms with Gasteiger partial charge in [-0.3, -0.25) is 4.57 Å². The molecule has 0 saturated heterocycles. The Labute approximate surface area is 120 Å². The first-order valence-electron chi connectivity index (χ1n) is 4.95. The fourth-order valence-corrected chi connectivity index (χ4v) is 3.30. The van der Waals surface area contributed by atoms with Gasteiger partial charge in [0.1, 0.15) is 0 Å². The molecule has 0 N–H and O–H groups in total. The third kappa shape index (κ3) is 2.69. The molecule has 0 aromatic carbocycles. The number of hydrogen-bond acceptors (Lipinski definition) is 3. The SMILES string of the molecule is Cc1nc(=O)n(Cc2cc(Br)cs2)c(C)c1Br. The van der Waals surface area contributed by atoms with Crippen molar-refractivity contribution in [2.75, 3.05) is 0 Å². The smallest absolute Gasteiger partial charge is 0.290 e. The van der Waals surface area contributed by atoms with Crippen LogP contribution in [0.15, 0.2) is 25.2 Å². The van der Waals surface area contributed by atoms with Crippen molar-refractivity contribution in [3.05, 3.63) is 47.1 Å². The van der Waals surface area contributed by atoms with E-state index in [0.717, 1.165) is 25.2 Å². The van der Waals surface area contributed by atoms with E-state index in [1.807, 2.05) is 25.3 Å². The normalized spacial score (nSPS) is 10.8. The van der Waals surface area contributed by atoms with Crippen molar-refractivity contribution in [1.29, 1.82) is 0 Å². The summed E-state index contributed by atoms with van der Waals surface area (Å²) in [5, 5.41) is 2.01. The van der Waals surface area contributed by atoms with Crippen molar-refractivity contribution < 1.29 is 0 Å². The highest BCUT2D eigenvalue weighted by Gasteiger charge is 2.10. The van der Waals surface area contributed by atoms with Gasteiger partial charge in [0, 0.05) is 20.4 Å². The number of hydrogen-bond donors (Lipinski definition) is 0. The summed E-state index contributed by atoms with van der Waals surface area (Å²) >= 11 is 8.48. The molecule has 17 heavy (non-hydrogen) atoms. The molecular formula is C11H10Br2N2OS. The molecule has 2 rings (SSSR count). The highest BCUT2D eigenvalue weighted by Crippen LogP contribution is 2.22. The van der Waals surface area contributed by atoms with Crippen LogP contribution in [-0.4, -0.2) is 9.55 Å². The Kier molecular flexibility index (Phi) is 3.85. The molecule has 6 heteroatoms. The summed E-state index contributed by atoms with van der Waals surface area (Å²) in [7, 11) is 0. The van der Waals surface area contributed by atoms with Gasteiger partial charge in [0.05, 0.1) is 16.7 Å². The predicted octanol–water partition coefficient (Wildman–Crippen LogP) is 3.49. The zero-order valence-corrected chi connectivity index (χ0v) is 13.3. The number of halogens is 2. The van der Waals surface area contributed by atoms with Crippen molar-refractivity contribution in [1.82, 2.24) is 9.55 Å². The zero-order valence-electron chi connectivity index (χ0n) is 9.33. The molecule has 0 bridgehead atoms. The summed E-state index contributed by atoms with van der Waals surface area (Å²) in [5.74, 6) is 0. The monoisotopic (exact) mass is 376 g/mol. The van der Waals surface area contributed by atoms with E-state index in [4.69, 9.17) is 0 Å². The first kappa shape index (κ1) is 13.0. The van der Waals surface area contributed by atoms with Gasteiger partial charge in [-0.15, -0.1) is 11.3 Å². The van der Waals surface area contributed by atoms with E-state index >= 15 is 0 Å². The van der Waals surface area contributed by atoms with Crippen LogP contribution in [0.4, 0.5) is 0 Å². The van der Waals surface area contributed by atoms with E-state index in [0.29, 0.717) is 6.54 Å². The molecular weight excluding hydrogens is 368 g/mol. The first-order chi connectivity index (χ1) is 7.99. The minimum atomic E-state index is -0.201. The standard InChI is InChI=1S/C11H10Br2N2OS/c1-6-10(13)7(2)15(11(16)14-6)4-9-3-8(12)5-17-9/h3,5H,4H2,1-2H3. The van der Waals surface area contributed by atoms with Crippen LogP contribution in [0.1, 0.15) is 16.3 Å². The Morgan fingerprint density at radius 3 is 2.71 bits per heavy atom. The van der Waals surface area contributed by atoms with E-state index in [1.54, 1.807) is 15.9 Å².